The minimum absolute atomic E-state index is 0.323. The van der Waals surface area contributed by atoms with Gasteiger partial charge in [-0.1, -0.05) is 12.1 Å². The van der Waals surface area contributed by atoms with Crippen LogP contribution in [-0.4, -0.2) is 7.11 Å². The number of benzene rings is 1. The standard InChI is InChI=1S/C16H21NOS/c1-11-5-10-16(19-11)13(3)17-12(2)14-6-8-15(18-4)9-7-14/h5-10,12-13,17H,1-4H3. The third-order valence-electron chi connectivity index (χ3n) is 3.30. The van der Waals surface area contributed by atoms with Crippen LogP contribution in [-0.2, 0) is 0 Å². The SMILES string of the molecule is COc1ccc(C(C)NC(C)c2ccc(C)s2)cc1. The third-order valence-corrected chi connectivity index (χ3v) is 4.49. The first-order chi connectivity index (χ1) is 9.10. The Bertz CT molecular complexity index is 518. The van der Waals surface area contributed by atoms with E-state index in [2.05, 4.69) is 50.4 Å². The lowest BCUT2D eigenvalue weighted by Crippen LogP contribution is -2.21. The minimum Gasteiger partial charge on any atom is -0.497 e. The molecule has 0 saturated carbocycles. The second-order valence-electron chi connectivity index (χ2n) is 4.83. The van der Waals surface area contributed by atoms with Crippen molar-refractivity contribution in [3.8, 4) is 5.75 Å². The molecule has 2 atom stereocenters. The highest BCUT2D eigenvalue weighted by Gasteiger charge is 2.12. The normalized spacial score (nSPS) is 14.1. The van der Waals surface area contributed by atoms with Gasteiger partial charge in [0.15, 0.2) is 0 Å². The Balaban J connectivity index is 2.01. The molecule has 0 aliphatic heterocycles. The lowest BCUT2D eigenvalue weighted by molar-refractivity contribution is 0.414. The van der Waals surface area contributed by atoms with E-state index < -0.39 is 0 Å². The van der Waals surface area contributed by atoms with Gasteiger partial charge in [-0.2, -0.15) is 0 Å². The second-order valence-corrected chi connectivity index (χ2v) is 6.15. The third kappa shape index (κ3) is 3.58. The fourth-order valence-corrected chi connectivity index (χ4v) is 3.02. The van der Waals surface area contributed by atoms with Crippen LogP contribution in [0.3, 0.4) is 0 Å². The average Bonchev–Trinajstić information content (AvgIpc) is 2.85. The van der Waals surface area contributed by atoms with Crippen molar-refractivity contribution >= 4 is 11.3 Å². The van der Waals surface area contributed by atoms with Gasteiger partial charge in [-0.25, -0.2) is 0 Å². The number of nitrogens with one attached hydrogen (secondary N) is 1. The fraction of sp³-hybridized carbons (Fsp3) is 0.375. The van der Waals surface area contributed by atoms with Gasteiger partial charge in [0.2, 0.25) is 0 Å². The number of methoxy groups -OCH3 is 1. The molecule has 102 valence electrons. The van der Waals surface area contributed by atoms with Gasteiger partial charge >= 0.3 is 0 Å². The summed E-state index contributed by atoms with van der Waals surface area (Å²) in [6.45, 7) is 6.55. The van der Waals surface area contributed by atoms with Crippen LogP contribution < -0.4 is 10.1 Å². The van der Waals surface area contributed by atoms with Gasteiger partial charge in [-0.05, 0) is 50.6 Å². The summed E-state index contributed by atoms with van der Waals surface area (Å²) in [7, 11) is 1.69. The van der Waals surface area contributed by atoms with Crippen LogP contribution in [0.15, 0.2) is 36.4 Å². The predicted molar refractivity (Wildman–Crippen MR) is 82.0 cm³/mol. The number of rotatable bonds is 5. The van der Waals surface area contributed by atoms with Crippen molar-refractivity contribution in [3.05, 3.63) is 51.7 Å². The minimum atomic E-state index is 0.323. The molecule has 0 saturated heterocycles. The van der Waals surface area contributed by atoms with Crippen molar-refractivity contribution < 1.29 is 4.74 Å². The zero-order valence-electron chi connectivity index (χ0n) is 11.9. The molecule has 2 aromatic rings. The maximum absolute atomic E-state index is 5.18. The van der Waals surface area contributed by atoms with E-state index >= 15 is 0 Å². The van der Waals surface area contributed by atoms with Crippen LogP contribution in [0, 0.1) is 6.92 Å². The molecule has 1 aromatic heterocycles. The molecule has 1 N–H and O–H groups in total. The van der Waals surface area contributed by atoms with Crippen LogP contribution >= 0.6 is 11.3 Å². The molecule has 0 amide bonds. The molecule has 0 bridgehead atoms. The first-order valence-corrected chi connectivity index (χ1v) is 7.38. The second kappa shape index (κ2) is 6.22. The Kier molecular flexibility index (Phi) is 4.61. The molecular weight excluding hydrogens is 254 g/mol. The first kappa shape index (κ1) is 14.1. The molecule has 2 unspecified atom stereocenters. The summed E-state index contributed by atoms with van der Waals surface area (Å²) in [5, 5.41) is 3.63. The summed E-state index contributed by atoms with van der Waals surface area (Å²) in [5.74, 6) is 0.901. The number of thiophene rings is 1. The molecule has 1 heterocycles. The largest absolute Gasteiger partial charge is 0.497 e. The van der Waals surface area contributed by atoms with Crippen molar-refractivity contribution in [2.45, 2.75) is 32.9 Å². The Morgan fingerprint density at radius 3 is 2.21 bits per heavy atom. The zero-order valence-corrected chi connectivity index (χ0v) is 12.8. The van der Waals surface area contributed by atoms with Crippen molar-refractivity contribution in [3.63, 3.8) is 0 Å². The highest BCUT2D eigenvalue weighted by atomic mass is 32.1. The summed E-state index contributed by atoms with van der Waals surface area (Å²) in [6, 6.07) is 13.3. The van der Waals surface area contributed by atoms with Gasteiger partial charge in [0, 0.05) is 21.8 Å². The zero-order chi connectivity index (χ0) is 13.8. The molecule has 0 fully saturated rings. The Morgan fingerprint density at radius 2 is 1.68 bits per heavy atom. The summed E-state index contributed by atoms with van der Waals surface area (Å²) in [4.78, 5) is 2.75. The molecule has 3 heteroatoms. The van der Waals surface area contributed by atoms with Gasteiger partial charge in [0.25, 0.3) is 0 Å². The summed E-state index contributed by atoms with van der Waals surface area (Å²) in [5.41, 5.74) is 1.28. The fourth-order valence-electron chi connectivity index (χ4n) is 2.13. The van der Waals surface area contributed by atoms with E-state index in [0.717, 1.165) is 5.75 Å². The average molecular weight is 275 g/mol. The van der Waals surface area contributed by atoms with Gasteiger partial charge in [0.05, 0.1) is 7.11 Å². The summed E-state index contributed by atoms with van der Waals surface area (Å²) in [6.07, 6.45) is 0. The monoisotopic (exact) mass is 275 g/mol. The van der Waals surface area contributed by atoms with Gasteiger partial charge in [-0.3, -0.25) is 0 Å². The highest BCUT2D eigenvalue weighted by Crippen LogP contribution is 2.25. The van der Waals surface area contributed by atoms with E-state index in [1.54, 1.807) is 7.11 Å². The molecule has 0 aliphatic carbocycles. The summed E-state index contributed by atoms with van der Waals surface area (Å²) < 4.78 is 5.18. The van der Waals surface area contributed by atoms with E-state index in [0.29, 0.717) is 12.1 Å². The van der Waals surface area contributed by atoms with Gasteiger partial charge in [-0.15, -0.1) is 11.3 Å². The Labute approximate surface area is 119 Å². The van der Waals surface area contributed by atoms with Crippen LogP contribution in [0.4, 0.5) is 0 Å². The topological polar surface area (TPSA) is 21.3 Å². The highest BCUT2D eigenvalue weighted by molar-refractivity contribution is 7.12. The van der Waals surface area contributed by atoms with Crippen LogP contribution in [0.5, 0.6) is 5.75 Å². The maximum atomic E-state index is 5.18. The van der Waals surface area contributed by atoms with Crippen molar-refractivity contribution in [2.75, 3.05) is 7.11 Å². The van der Waals surface area contributed by atoms with E-state index in [9.17, 15) is 0 Å². The van der Waals surface area contributed by atoms with Gasteiger partial charge in [0.1, 0.15) is 5.75 Å². The van der Waals surface area contributed by atoms with Crippen molar-refractivity contribution in [2.24, 2.45) is 0 Å². The van der Waals surface area contributed by atoms with E-state index in [1.165, 1.54) is 15.3 Å². The molecule has 1 aromatic carbocycles. The number of hydrogen-bond acceptors (Lipinski definition) is 3. The summed E-state index contributed by atoms with van der Waals surface area (Å²) >= 11 is 1.86. The molecule has 19 heavy (non-hydrogen) atoms. The van der Waals surface area contributed by atoms with Crippen LogP contribution in [0.25, 0.3) is 0 Å². The predicted octanol–water partition coefficient (Wildman–Crippen LogP) is 4.48. The van der Waals surface area contributed by atoms with Gasteiger partial charge < -0.3 is 10.1 Å². The quantitative estimate of drug-likeness (QED) is 0.869. The molecule has 2 nitrogen and oxygen atoms in total. The van der Waals surface area contributed by atoms with Crippen molar-refractivity contribution in [1.82, 2.24) is 5.32 Å². The van der Waals surface area contributed by atoms with Crippen LogP contribution in [0.1, 0.15) is 41.2 Å². The molecule has 0 radical (unpaired) electrons. The Hall–Kier alpha value is -1.32. The maximum Gasteiger partial charge on any atom is 0.118 e. The first-order valence-electron chi connectivity index (χ1n) is 6.56. The van der Waals surface area contributed by atoms with Crippen molar-refractivity contribution in [1.29, 1.82) is 0 Å². The Morgan fingerprint density at radius 1 is 1.00 bits per heavy atom. The number of hydrogen-bond donors (Lipinski definition) is 1. The molecule has 2 rings (SSSR count). The van der Waals surface area contributed by atoms with E-state index in [-0.39, 0.29) is 0 Å². The molecule has 0 spiro atoms. The van der Waals surface area contributed by atoms with E-state index in [4.69, 9.17) is 4.74 Å². The lowest BCUT2D eigenvalue weighted by Gasteiger charge is -2.19. The van der Waals surface area contributed by atoms with Crippen LogP contribution in [0.2, 0.25) is 0 Å². The smallest absolute Gasteiger partial charge is 0.118 e. The molecule has 0 aliphatic rings. The number of aryl methyl sites for hydroxylation is 1. The molecular formula is C16H21NOS. The lowest BCUT2D eigenvalue weighted by atomic mass is 10.1. The number of ether oxygens (including phenoxy) is 1. The van der Waals surface area contributed by atoms with E-state index in [1.807, 2.05) is 23.5 Å².